The van der Waals surface area contributed by atoms with Crippen LogP contribution in [0.15, 0.2) is 78.9 Å². The Labute approximate surface area is 202 Å². The summed E-state index contributed by atoms with van der Waals surface area (Å²) < 4.78 is 17.9. The van der Waals surface area contributed by atoms with Gasteiger partial charge in [-0.1, -0.05) is 54.6 Å². The Bertz CT molecular complexity index is 1050. The second-order valence-corrected chi connectivity index (χ2v) is 8.57. The molecule has 3 aromatic rings. The number of hydrogen-bond donors (Lipinski definition) is 1. The van der Waals surface area contributed by atoms with Gasteiger partial charge in [-0.25, -0.2) is 0 Å². The lowest BCUT2D eigenvalue weighted by Gasteiger charge is -2.32. The van der Waals surface area contributed by atoms with Crippen molar-refractivity contribution >= 4 is 0 Å². The minimum Gasteiger partial charge on any atom is -0.494 e. The van der Waals surface area contributed by atoms with Crippen LogP contribution < -0.4 is 10.1 Å². The monoisotopic (exact) mass is 456 g/mol. The molecule has 3 aromatic carbocycles. The number of nitrogens with zero attached hydrogens (tertiary/aromatic N) is 1. The van der Waals surface area contributed by atoms with Gasteiger partial charge in [-0.05, 0) is 53.9 Å². The fraction of sp³-hybridized carbons (Fsp3) is 0.345. The third kappa shape index (κ3) is 7.16. The summed E-state index contributed by atoms with van der Waals surface area (Å²) in [5, 5.41) is 12.6. The van der Waals surface area contributed by atoms with Gasteiger partial charge in [0, 0.05) is 18.9 Å². The molecule has 2 atom stereocenters. The molecule has 1 N–H and O–H groups in total. The summed E-state index contributed by atoms with van der Waals surface area (Å²) in [6.07, 6.45) is 1.97. The van der Waals surface area contributed by atoms with E-state index in [4.69, 9.17) is 19.5 Å². The molecule has 5 nitrogen and oxygen atoms in total. The summed E-state index contributed by atoms with van der Waals surface area (Å²) >= 11 is 0. The molecule has 0 radical (unpaired) electrons. The van der Waals surface area contributed by atoms with Gasteiger partial charge in [-0.3, -0.25) is 0 Å². The maximum absolute atomic E-state index is 9.11. The van der Waals surface area contributed by atoms with E-state index in [9.17, 15) is 0 Å². The minimum absolute atomic E-state index is 0.0908. The Balaban J connectivity index is 1.22. The Hall–Kier alpha value is -3.17. The number of nitriles is 1. The maximum atomic E-state index is 9.11. The summed E-state index contributed by atoms with van der Waals surface area (Å²) in [6, 6.07) is 28.4. The van der Waals surface area contributed by atoms with Gasteiger partial charge in [0.25, 0.3) is 0 Å². The first-order valence-electron chi connectivity index (χ1n) is 12.0. The Morgan fingerprint density at radius 2 is 1.71 bits per heavy atom. The number of benzene rings is 3. The van der Waals surface area contributed by atoms with Crippen molar-refractivity contribution in [3.8, 4) is 11.8 Å². The predicted molar refractivity (Wildman–Crippen MR) is 133 cm³/mol. The van der Waals surface area contributed by atoms with Crippen molar-refractivity contribution in [1.29, 1.82) is 5.26 Å². The number of ether oxygens (including phenoxy) is 3. The molecular formula is C29H32N2O3. The van der Waals surface area contributed by atoms with Gasteiger partial charge in [0.15, 0.2) is 0 Å². The van der Waals surface area contributed by atoms with E-state index >= 15 is 0 Å². The van der Waals surface area contributed by atoms with Crippen LogP contribution in [0.5, 0.6) is 5.75 Å². The van der Waals surface area contributed by atoms with Crippen LogP contribution in [0.3, 0.4) is 0 Å². The molecule has 1 fully saturated rings. The summed E-state index contributed by atoms with van der Waals surface area (Å²) in [7, 11) is 0. The highest BCUT2D eigenvalue weighted by Gasteiger charge is 2.27. The van der Waals surface area contributed by atoms with Crippen molar-refractivity contribution in [2.45, 2.75) is 38.1 Å². The van der Waals surface area contributed by atoms with Crippen molar-refractivity contribution in [2.75, 3.05) is 26.3 Å². The smallest absolute Gasteiger partial charge is 0.119 e. The van der Waals surface area contributed by atoms with Crippen LogP contribution in [0, 0.1) is 11.3 Å². The molecule has 2 unspecified atom stereocenters. The molecule has 0 spiro atoms. The molecule has 5 heteroatoms. The van der Waals surface area contributed by atoms with E-state index in [1.165, 1.54) is 11.1 Å². The van der Waals surface area contributed by atoms with Gasteiger partial charge in [0.2, 0.25) is 0 Å². The van der Waals surface area contributed by atoms with E-state index in [1.807, 2.05) is 42.5 Å². The summed E-state index contributed by atoms with van der Waals surface area (Å²) in [6.45, 7) is 4.26. The Kier molecular flexibility index (Phi) is 9.10. The third-order valence-electron chi connectivity index (χ3n) is 6.07. The molecule has 0 aromatic heterocycles. The molecule has 1 saturated heterocycles. The highest BCUT2D eigenvalue weighted by molar-refractivity contribution is 5.33. The first kappa shape index (κ1) is 24.0. The van der Waals surface area contributed by atoms with Crippen molar-refractivity contribution in [1.82, 2.24) is 5.32 Å². The number of hydrogen-bond acceptors (Lipinski definition) is 5. The zero-order valence-corrected chi connectivity index (χ0v) is 19.5. The van der Waals surface area contributed by atoms with Gasteiger partial charge >= 0.3 is 0 Å². The van der Waals surface area contributed by atoms with Gasteiger partial charge < -0.3 is 19.5 Å². The lowest BCUT2D eigenvalue weighted by Crippen LogP contribution is -2.40. The second-order valence-electron chi connectivity index (χ2n) is 8.57. The van der Waals surface area contributed by atoms with Crippen molar-refractivity contribution in [3.05, 3.63) is 101 Å². The van der Waals surface area contributed by atoms with Crippen molar-refractivity contribution in [3.63, 3.8) is 0 Å². The third-order valence-corrected chi connectivity index (χ3v) is 6.07. The predicted octanol–water partition coefficient (Wildman–Crippen LogP) is 5.21. The number of rotatable bonds is 11. The molecule has 0 amide bonds. The lowest BCUT2D eigenvalue weighted by atomic mass is 9.87. The van der Waals surface area contributed by atoms with Gasteiger partial charge in [-0.2, -0.15) is 5.26 Å². The van der Waals surface area contributed by atoms with Crippen LogP contribution in [-0.2, 0) is 22.7 Å². The molecular weight excluding hydrogens is 424 g/mol. The second kappa shape index (κ2) is 12.9. The van der Waals surface area contributed by atoms with Gasteiger partial charge in [0.1, 0.15) is 5.75 Å². The average Bonchev–Trinajstić information content (AvgIpc) is 2.91. The topological polar surface area (TPSA) is 63.5 Å². The first-order valence-corrected chi connectivity index (χ1v) is 12.0. The molecule has 34 heavy (non-hydrogen) atoms. The largest absolute Gasteiger partial charge is 0.494 e. The Morgan fingerprint density at radius 3 is 2.53 bits per heavy atom. The minimum atomic E-state index is 0.0908. The quantitative estimate of drug-likeness (QED) is 0.402. The number of nitrogens with one attached hydrogen (secondary N) is 1. The summed E-state index contributed by atoms with van der Waals surface area (Å²) in [5.41, 5.74) is 4.16. The van der Waals surface area contributed by atoms with Crippen LogP contribution in [0.1, 0.15) is 41.0 Å². The molecule has 1 heterocycles. The van der Waals surface area contributed by atoms with Gasteiger partial charge in [-0.15, -0.1) is 0 Å². The van der Waals surface area contributed by atoms with E-state index in [1.54, 1.807) is 0 Å². The van der Waals surface area contributed by atoms with Crippen LogP contribution in [0.2, 0.25) is 0 Å². The fourth-order valence-electron chi connectivity index (χ4n) is 4.25. The van der Waals surface area contributed by atoms with Crippen molar-refractivity contribution < 1.29 is 14.2 Å². The molecule has 0 bridgehead atoms. The van der Waals surface area contributed by atoms with E-state index in [0.29, 0.717) is 37.9 Å². The SMILES string of the molecule is N#Cc1cccc(COC2CNCCC2c2ccc(OCCCOCc3ccccc3)cc2)c1. The zero-order valence-electron chi connectivity index (χ0n) is 19.5. The fourth-order valence-corrected chi connectivity index (χ4v) is 4.25. The lowest BCUT2D eigenvalue weighted by molar-refractivity contribution is 0.0106. The van der Waals surface area contributed by atoms with E-state index in [-0.39, 0.29) is 6.10 Å². The molecule has 0 saturated carbocycles. The molecule has 176 valence electrons. The van der Waals surface area contributed by atoms with Crippen molar-refractivity contribution in [2.24, 2.45) is 0 Å². The van der Waals surface area contributed by atoms with Crippen LogP contribution in [0.25, 0.3) is 0 Å². The highest BCUT2D eigenvalue weighted by Crippen LogP contribution is 2.29. The number of piperidine rings is 1. The average molecular weight is 457 g/mol. The van der Waals surface area contributed by atoms with Gasteiger partial charge in [0.05, 0.1) is 44.2 Å². The zero-order chi connectivity index (χ0) is 23.4. The van der Waals surface area contributed by atoms with E-state index in [0.717, 1.165) is 37.2 Å². The summed E-state index contributed by atoms with van der Waals surface area (Å²) in [5.74, 6) is 1.22. The molecule has 4 rings (SSSR count). The standard InChI is InChI=1S/C29H32N2O3/c30-19-24-8-4-9-25(18-24)22-34-29-20-31-15-14-28(29)26-10-12-27(13-11-26)33-17-5-16-32-21-23-6-2-1-3-7-23/h1-4,6-13,18,28-29,31H,5,14-17,20-22H2. The first-order chi connectivity index (χ1) is 16.8. The summed E-state index contributed by atoms with van der Waals surface area (Å²) in [4.78, 5) is 0. The van der Waals surface area contributed by atoms with Crippen LogP contribution in [-0.4, -0.2) is 32.4 Å². The molecule has 1 aliphatic heterocycles. The Morgan fingerprint density at radius 1 is 0.882 bits per heavy atom. The van der Waals surface area contributed by atoms with Crippen LogP contribution >= 0.6 is 0 Å². The maximum Gasteiger partial charge on any atom is 0.119 e. The normalized spacial score (nSPS) is 17.7. The van der Waals surface area contributed by atoms with Crippen LogP contribution in [0.4, 0.5) is 0 Å². The van der Waals surface area contributed by atoms with E-state index < -0.39 is 0 Å². The highest BCUT2D eigenvalue weighted by atomic mass is 16.5. The molecule has 1 aliphatic rings. The molecule has 0 aliphatic carbocycles. The van der Waals surface area contributed by atoms with E-state index in [2.05, 4.69) is 47.8 Å².